The van der Waals surface area contributed by atoms with Crippen LogP contribution in [0.2, 0.25) is 0 Å². The Morgan fingerprint density at radius 2 is 2.12 bits per heavy atom. The van der Waals surface area contributed by atoms with Crippen LogP contribution in [0.5, 0.6) is 0 Å². The highest BCUT2D eigenvalue weighted by Gasteiger charge is 1.79. The number of hydrogen-bond acceptors (Lipinski definition) is 2. The third-order valence-corrected chi connectivity index (χ3v) is 0.649. The van der Waals surface area contributed by atoms with E-state index >= 15 is 0 Å². The molecule has 1 aliphatic heterocycles. The van der Waals surface area contributed by atoms with Crippen LogP contribution in [0.4, 0.5) is 0 Å². The van der Waals surface area contributed by atoms with Crippen LogP contribution in [-0.4, -0.2) is 6.54 Å². The van der Waals surface area contributed by atoms with Crippen molar-refractivity contribution in [3.05, 3.63) is 12.3 Å². The van der Waals surface area contributed by atoms with E-state index in [1.807, 2.05) is 19.9 Å². The van der Waals surface area contributed by atoms with E-state index in [1.54, 1.807) is 6.20 Å². The molecule has 0 saturated carbocycles. The van der Waals surface area contributed by atoms with Crippen molar-refractivity contribution in [2.24, 2.45) is 10.2 Å². The van der Waals surface area contributed by atoms with Gasteiger partial charge in [-0.15, -0.1) is 0 Å². The van der Waals surface area contributed by atoms with Gasteiger partial charge in [-0.2, -0.15) is 10.2 Å². The SMILES string of the molecule is C1=CN=NCC1.CC. The van der Waals surface area contributed by atoms with Gasteiger partial charge in [-0.1, -0.05) is 19.9 Å². The molecule has 0 aliphatic carbocycles. The number of azo groups is 1. The Balaban J connectivity index is 0.000000222. The lowest BCUT2D eigenvalue weighted by atomic mass is 10.4. The van der Waals surface area contributed by atoms with E-state index in [-0.39, 0.29) is 0 Å². The molecular formula is C6H12N2. The summed E-state index contributed by atoms with van der Waals surface area (Å²) in [5.41, 5.74) is 0. The van der Waals surface area contributed by atoms with Crippen LogP contribution in [0.1, 0.15) is 20.3 Å². The zero-order valence-corrected chi connectivity index (χ0v) is 5.46. The molecule has 0 amide bonds. The first-order valence-electron chi connectivity index (χ1n) is 3.02. The first-order valence-corrected chi connectivity index (χ1v) is 3.02. The van der Waals surface area contributed by atoms with Gasteiger partial charge in [0.25, 0.3) is 0 Å². The Morgan fingerprint density at radius 3 is 2.25 bits per heavy atom. The van der Waals surface area contributed by atoms with Gasteiger partial charge in [0.15, 0.2) is 0 Å². The molecule has 0 aromatic rings. The zero-order chi connectivity index (χ0) is 6.24. The smallest absolute Gasteiger partial charge is 0.0638 e. The Kier molecular flexibility index (Phi) is 5.82. The molecule has 8 heavy (non-hydrogen) atoms. The molecule has 0 bridgehead atoms. The molecule has 0 spiro atoms. The third kappa shape index (κ3) is 3.53. The van der Waals surface area contributed by atoms with Crippen molar-refractivity contribution >= 4 is 0 Å². The third-order valence-electron chi connectivity index (χ3n) is 0.649. The predicted molar refractivity (Wildman–Crippen MR) is 34.8 cm³/mol. The summed E-state index contributed by atoms with van der Waals surface area (Å²) in [6.07, 6.45) is 4.79. The van der Waals surface area contributed by atoms with E-state index in [2.05, 4.69) is 10.2 Å². The first-order chi connectivity index (χ1) is 4.00. The Bertz CT molecular complexity index is 72.5. The molecule has 0 unspecified atom stereocenters. The maximum absolute atomic E-state index is 3.72. The average Bonchev–Trinajstić information content (AvgIpc) is 1.96. The molecule has 1 aliphatic rings. The van der Waals surface area contributed by atoms with Crippen LogP contribution in [0.25, 0.3) is 0 Å². The highest BCUT2D eigenvalue weighted by atomic mass is 15.1. The molecule has 0 radical (unpaired) electrons. The highest BCUT2D eigenvalue weighted by Crippen LogP contribution is 1.92. The quantitative estimate of drug-likeness (QED) is 0.459. The molecule has 1 rings (SSSR count). The maximum Gasteiger partial charge on any atom is 0.0638 e. The van der Waals surface area contributed by atoms with Gasteiger partial charge in [0, 0.05) is 6.20 Å². The molecule has 0 N–H and O–H groups in total. The van der Waals surface area contributed by atoms with E-state index in [0.29, 0.717) is 0 Å². The summed E-state index contributed by atoms with van der Waals surface area (Å²) in [5, 5.41) is 7.34. The van der Waals surface area contributed by atoms with E-state index in [4.69, 9.17) is 0 Å². The summed E-state index contributed by atoms with van der Waals surface area (Å²) in [5.74, 6) is 0. The summed E-state index contributed by atoms with van der Waals surface area (Å²) < 4.78 is 0. The predicted octanol–water partition coefficient (Wildman–Crippen LogP) is 2.38. The second-order valence-corrected chi connectivity index (χ2v) is 1.15. The van der Waals surface area contributed by atoms with Gasteiger partial charge in [0.1, 0.15) is 0 Å². The van der Waals surface area contributed by atoms with Crippen molar-refractivity contribution in [3.63, 3.8) is 0 Å². The molecule has 0 aromatic carbocycles. The largest absolute Gasteiger partial charge is 0.189 e. The first kappa shape index (κ1) is 7.34. The van der Waals surface area contributed by atoms with Crippen molar-refractivity contribution in [2.45, 2.75) is 20.3 Å². The zero-order valence-electron chi connectivity index (χ0n) is 5.46. The monoisotopic (exact) mass is 112 g/mol. The van der Waals surface area contributed by atoms with Crippen molar-refractivity contribution < 1.29 is 0 Å². The van der Waals surface area contributed by atoms with Crippen molar-refractivity contribution in [1.29, 1.82) is 0 Å². The second-order valence-electron chi connectivity index (χ2n) is 1.15. The van der Waals surface area contributed by atoms with Crippen LogP contribution in [0.15, 0.2) is 22.5 Å². The summed E-state index contributed by atoms with van der Waals surface area (Å²) >= 11 is 0. The lowest BCUT2D eigenvalue weighted by molar-refractivity contribution is 0.890. The number of rotatable bonds is 0. The fraction of sp³-hybridized carbons (Fsp3) is 0.667. The summed E-state index contributed by atoms with van der Waals surface area (Å²) in [4.78, 5) is 0. The molecule has 2 nitrogen and oxygen atoms in total. The minimum Gasteiger partial charge on any atom is -0.189 e. The second kappa shape index (κ2) is 6.34. The molecule has 46 valence electrons. The fourth-order valence-corrected chi connectivity index (χ4v) is 0.359. The standard InChI is InChI=1S/C4H6N2.C2H6/c1-2-4-6-5-3-1;1-2/h1,3H,2,4H2;1-2H3. The van der Waals surface area contributed by atoms with Crippen molar-refractivity contribution in [2.75, 3.05) is 6.54 Å². The number of hydrogen-bond donors (Lipinski definition) is 0. The van der Waals surface area contributed by atoms with Gasteiger partial charge in [0.05, 0.1) is 6.54 Å². The minimum atomic E-state index is 0.872. The van der Waals surface area contributed by atoms with E-state index < -0.39 is 0 Å². The summed E-state index contributed by atoms with van der Waals surface area (Å²) in [6.45, 7) is 4.87. The highest BCUT2D eigenvalue weighted by molar-refractivity contribution is 4.81. The topological polar surface area (TPSA) is 24.7 Å². The van der Waals surface area contributed by atoms with Crippen molar-refractivity contribution in [1.82, 2.24) is 0 Å². The maximum atomic E-state index is 3.72. The molecule has 0 aromatic heterocycles. The molecule has 0 fully saturated rings. The molecule has 2 heteroatoms. The van der Waals surface area contributed by atoms with Crippen LogP contribution in [0.3, 0.4) is 0 Å². The summed E-state index contributed by atoms with van der Waals surface area (Å²) in [6, 6.07) is 0. The van der Waals surface area contributed by atoms with E-state index in [9.17, 15) is 0 Å². The van der Waals surface area contributed by atoms with E-state index in [1.165, 1.54) is 0 Å². The molecule has 1 heterocycles. The van der Waals surface area contributed by atoms with E-state index in [0.717, 1.165) is 13.0 Å². The minimum absolute atomic E-state index is 0.872. The fourth-order valence-electron chi connectivity index (χ4n) is 0.359. The normalized spacial score (nSPS) is 14.8. The van der Waals surface area contributed by atoms with Gasteiger partial charge in [0.2, 0.25) is 0 Å². The van der Waals surface area contributed by atoms with Crippen LogP contribution >= 0.6 is 0 Å². The Labute approximate surface area is 50.3 Å². The van der Waals surface area contributed by atoms with Crippen LogP contribution in [-0.2, 0) is 0 Å². The van der Waals surface area contributed by atoms with Gasteiger partial charge in [-0.05, 0) is 6.42 Å². The molecule has 0 atom stereocenters. The van der Waals surface area contributed by atoms with Gasteiger partial charge < -0.3 is 0 Å². The Morgan fingerprint density at radius 1 is 1.38 bits per heavy atom. The molecule has 0 saturated heterocycles. The molecular weight excluding hydrogens is 100 g/mol. The lowest BCUT2D eigenvalue weighted by Gasteiger charge is -1.87. The average molecular weight is 112 g/mol. The Hall–Kier alpha value is -0.660. The van der Waals surface area contributed by atoms with Crippen LogP contribution < -0.4 is 0 Å². The van der Waals surface area contributed by atoms with Gasteiger partial charge in [-0.3, -0.25) is 0 Å². The number of nitrogens with zero attached hydrogens (tertiary/aromatic N) is 2. The van der Waals surface area contributed by atoms with Crippen LogP contribution in [0, 0.1) is 0 Å². The van der Waals surface area contributed by atoms with Crippen molar-refractivity contribution in [3.8, 4) is 0 Å². The summed E-state index contributed by atoms with van der Waals surface area (Å²) in [7, 11) is 0. The van der Waals surface area contributed by atoms with Gasteiger partial charge >= 0.3 is 0 Å². The lowest BCUT2D eigenvalue weighted by Crippen LogP contribution is -1.76. The van der Waals surface area contributed by atoms with Gasteiger partial charge in [-0.25, -0.2) is 0 Å².